The topological polar surface area (TPSA) is 104 Å². The lowest BCUT2D eigenvalue weighted by atomic mass is 10.1. The summed E-state index contributed by atoms with van der Waals surface area (Å²) < 4.78 is 13.2. The molecule has 0 saturated heterocycles. The maximum atomic E-state index is 13.2. The van der Waals surface area contributed by atoms with Gasteiger partial charge in [-0.1, -0.05) is 6.07 Å². The number of anilines is 1. The molecule has 0 fully saturated rings. The van der Waals surface area contributed by atoms with E-state index in [0.29, 0.717) is 0 Å². The summed E-state index contributed by atoms with van der Waals surface area (Å²) in [4.78, 5) is 22.1. The number of hydrogen-bond acceptors (Lipinski definition) is 3. The first-order chi connectivity index (χ1) is 8.06. The highest BCUT2D eigenvalue weighted by Gasteiger charge is 2.16. The van der Waals surface area contributed by atoms with E-state index in [4.69, 9.17) is 10.8 Å². The number of carbonyl (C=O) groups is 2. The summed E-state index contributed by atoms with van der Waals surface area (Å²) in [6.45, 7) is 0.492. The Labute approximate surface area is 96.6 Å². The number of carboxylic acids is 1. The zero-order chi connectivity index (χ0) is 12.8. The smallest absolute Gasteiger partial charge is 0.340 e. The molecule has 6 nitrogen and oxygen atoms in total. The molecule has 0 heterocycles. The molecule has 0 aliphatic carbocycles. The fourth-order valence-electron chi connectivity index (χ4n) is 1.20. The van der Waals surface area contributed by atoms with Crippen molar-refractivity contribution >= 4 is 17.7 Å². The number of nitrogens with two attached hydrogens (primary N) is 1. The summed E-state index contributed by atoms with van der Waals surface area (Å²) >= 11 is 0. The van der Waals surface area contributed by atoms with Gasteiger partial charge in [-0.3, -0.25) is 0 Å². The van der Waals surface area contributed by atoms with Crippen molar-refractivity contribution in [2.75, 3.05) is 18.4 Å². The second-order valence-electron chi connectivity index (χ2n) is 3.14. The molecule has 2 amide bonds. The van der Waals surface area contributed by atoms with Gasteiger partial charge in [0.2, 0.25) is 0 Å². The second-order valence-corrected chi connectivity index (χ2v) is 3.14. The minimum absolute atomic E-state index is 0.105. The first kappa shape index (κ1) is 12.9. The third-order valence-electron chi connectivity index (χ3n) is 1.91. The molecule has 0 spiro atoms. The summed E-state index contributed by atoms with van der Waals surface area (Å²) in [6.07, 6.45) is 0. The Kier molecular flexibility index (Phi) is 4.41. The minimum atomic E-state index is -1.45. The van der Waals surface area contributed by atoms with Crippen molar-refractivity contribution in [3.05, 3.63) is 29.6 Å². The number of carbonyl (C=O) groups excluding carboxylic acids is 1. The van der Waals surface area contributed by atoms with Gasteiger partial charge in [-0.15, -0.1) is 0 Å². The first-order valence-corrected chi connectivity index (χ1v) is 4.83. The van der Waals surface area contributed by atoms with Crippen LogP contribution in [0, 0.1) is 5.82 Å². The van der Waals surface area contributed by atoms with Gasteiger partial charge in [0.1, 0.15) is 11.4 Å². The average Bonchev–Trinajstić information content (AvgIpc) is 2.25. The highest BCUT2D eigenvalue weighted by atomic mass is 19.1. The van der Waals surface area contributed by atoms with Crippen molar-refractivity contribution in [3.63, 3.8) is 0 Å². The molecule has 0 saturated carbocycles. The minimum Gasteiger partial charge on any atom is -0.478 e. The molecule has 0 aromatic heterocycles. The maximum Gasteiger partial charge on any atom is 0.340 e. The molecule has 1 aromatic rings. The Bertz CT molecular complexity index is 437. The van der Waals surface area contributed by atoms with Gasteiger partial charge in [0.15, 0.2) is 0 Å². The number of benzene rings is 1. The highest BCUT2D eigenvalue weighted by Crippen LogP contribution is 2.18. The van der Waals surface area contributed by atoms with E-state index in [9.17, 15) is 14.0 Å². The van der Waals surface area contributed by atoms with E-state index < -0.39 is 23.4 Å². The van der Waals surface area contributed by atoms with Crippen LogP contribution in [0.3, 0.4) is 0 Å². The second kappa shape index (κ2) is 5.80. The van der Waals surface area contributed by atoms with Gasteiger partial charge < -0.3 is 21.5 Å². The fourth-order valence-corrected chi connectivity index (χ4v) is 1.20. The summed E-state index contributed by atoms with van der Waals surface area (Å²) in [5, 5.41) is 13.4. The number of halogens is 1. The van der Waals surface area contributed by atoms with E-state index in [1.165, 1.54) is 12.1 Å². The molecule has 0 bridgehead atoms. The lowest BCUT2D eigenvalue weighted by molar-refractivity contribution is 0.0693. The van der Waals surface area contributed by atoms with Gasteiger partial charge in [0, 0.05) is 13.1 Å². The maximum absolute atomic E-state index is 13.2. The predicted octanol–water partition coefficient (Wildman–Crippen LogP) is 0.604. The van der Waals surface area contributed by atoms with Crippen molar-refractivity contribution in [1.82, 2.24) is 5.32 Å². The molecule has 17 heavy (non-hydrogen) atoms. The molecular formula is C10H12FN3O3. The van der Waals surface area contributed by atoms with Crippen LogP contribution in [0.2, 0.25) is 0 Å². The van der Waals surface area contributed by atoms with E-state index in [1.807, 2.05) is 0 Å². The largest absolute Gasteiger partial charge is 0.478 e. The molecule has 92 valence electrons. The zero-order valence-corrected chi connectivity index (χ0v) is 8.87. The average molecular weight is 241 g/mol. The first-order valence-electron chi connectivity index (χ1n) is 4.83. The van der Waals surface area contributed by atoms with Crippen molar-refractivity contribution < 1.29 is 19.1 Å². The normalized spacial score (nSPS) is 9.76. The lowest BCUT2D eigenvalue weighted by Crippen LogP contribution is -2.33. The number of hydrogen-bond donors (Lipinski definition) is 4. The van der Waals surface area contributed by atoms with Crippen LogP contribution in [0.5, 0.6) is 0 Å². The molecule has 5 N–H and O–H groups in total. The van der Waals surface area contributed by atoms with Crippen LogP contribution in [-0.4, -0.2) is 30.2 Å². The Morgan fingerprint density at radius 1 is 1.41 bits per heavy atom. The molecule has 0 aliphatic heterocycles. The quantitative estimate of drug-likeness (QED) is 0.619. The number of amides is 2. The predicted molar refractivity (Wildman–Crippen MR) is 59.4 cm³/mol. The van der Waals surface area contributed by atoms with Gasteiger partial charge in [0.25, 0.3) is 0 Å². The van der Waals surface area contributed by atoms with Crippen LogP contribution in [0.25, 0.3) is 0 Å². The van der Waals surface area contributed by atoms with Crippen molar-refractivity contribution in [3.8, 4) is 0 Å². The third-order valence-corrected chi connectivity index (χ3v) is 1.91. The van der Waals surface area contributed by atoms with Gasteiger partial charge >= 0.3 is 12.0 Å². The van der Waals surface area contributed by atoms with E-state index >= 15 is 0 Å². The van der Waals surface area contributed by atoms with Gasteiger partial charge in [-0.2, -0.15) is 0 Å². The summed E-state index contributed by atoms with van der Waals surface area (Å²) in [5.41, 5.74) is 4.50. The molecule has 0 unspecified atom stereocenters. The molecule has 0 aliphatic rings. The summed E-state index contributed by atoms with van der Waals surface area (Å²) in [7, 11) is 0. The van der Waals surface area contributed by atoms with Crippen LogP contribution in [0.4, 0.5) is 14.9 Å². The van der Waals surface area contributed by atoms with Crippen LogP contribution in [0.1, 0.15) is 10.4 Å². The Morgan fingerprint density at radius 2 is 2.12 bits per heavy atom. The Balaban J connectivity index is 2.87. The van der Waals surface area contributed by atoms with E-state index in [1.54, 1.807) is 0 Å². The highest BCUT2D eigenvalue weighted by molar-refractivity contribution is 6.00. The van der Waals surface area contributed by atoms with Gasteiger partial charge in [-0.05, 0) is 12.1 Å². The van der Waals surface area contributed by atoms with Crippen LogP contribution >= 0.6 is 0 Å². The molecule has 1 rings (SSSR count). The molecule has 0 radical (unpaired) electrons. The van der Waals surface area contributed by atoms with Crippen LogP contribution < -0.4 is 16.4 Å². The number of rotatable bonds is 4. The third kappa shape index (κ3) is 3.42. The Hall–Kier alpha value is -2.15. The fraction of sp³-hybridized carbons (Fsp3) is 0.200. The summed E-state index contributed by atoms with van der Waals surface area (Å²) in [6, 6.07) is 2.98. The van der Waals surface area contributed by atoms with Crippen molar-refractivity contribution in [1.29, 1.82) is 0 Å². The lowest BCUT2D eigenvalue weighted by Gasteiger charge is -2.09. The molecule has 0 atom stereocenters. The van der Waals surface area contributed by atoms with E-state index in [-0.39, 0.29) is 18.8 Å². The SMILES string of the molecule is NCCNC(=O)Nc1cccc(F)c1C(=O)O. The van der Waals surface area contributed by atoms with E-state index in [2.05, 4.69) is 10.6 Å². The molecular weight excluding hydrogens is 229 g/mol. The van der Waals surface area contributed by atoms with Crippen molar-refractivity contribution in [2.24, 2.45) is 5.73 Å². The van der Waals surface area contributed by atoms with Crippen LogP contribution in [0.15, 0.2) is 18.2 Å². The molecule has 7 heteroatoms. The van der Waals surface area contributed by atoms with Crippen molar-refractivity contribution in [2.45, 2.75) is 0 Å². The monoisotopic (exact) mass is 241 g/mol. The standard InChI is InChI=1S/C10H12FN3O3/c11-6-2-1-3-7(8(6)9(15)16)14-10(17)13-5-4-12/h1-3H,4-5,12H2,(H,15,16)(H2,13,14,17). The number of nitrogens with one attached hydrogen (secondary N) is 2. The van der Waals surface area contributed by atoms with Gasteiger partial charge in [-0.25, -0.2) is 14.0 Å². The number of carboxylic acid groups (broad SMARTS) is 1. The Morgan fingerprint density at radius 3 is 2.71 bits per heavy atom. The van der Waals surface area contributed by atoms with Crippen LogP contribution in [-0.2, 0) is 0 Å². The number of urea groups is 1. The number of aromatic carboxylic acids is 1. The summed E-state index contributed by atoms with van der Waals surface area (Å²) in [5.74, 6) is -2.36. The zero-order valence-electron chi connectivity index (χ0n) is 8.87. The molecule has 1 aromatic carbocycles. The van der Waals surface area contributed by atoms with Gasteiger partial charge in [0.05, 0.1) is 5.69 Å². The van der Waals surface area contributed by atoms with E-state index in [0.717, 1.165) is 6.07 Å².